The number of benzene rings is 1. The van der Waals surface area contributed by atoms with Gasteiger partial charge in [-0.1, -0.05) is 0 Å². The van der Waals surface area contributed by atoms with Gasteiger partial charge >= 0.3 is 0 Å². The van der Waals surface area contributed by atoms with Gasteiger partial charge in [-0.15, -0.1) is 0 Å². The molecule has 0 aliphatic rings. The van der Waals surface area contributed by atoms with Gasteiger partial charge in [0.05, 0.1) is 19.2 Å². The summed E-state index contributed by atoms with van der Waals surface area (Å²) in [6, 6.07) is 6.04. The summed E-state index contributed by atoms with van der Waals surface area (Å²) in [6.07, 6.45) is 0.240. The largest absolute Gasteiger partial charge is 0.494 e. The number of hydrogen-bond acceptors (Lipinski definition) is 3. The lowest BCUT2D eigenvalue weighted by Gasteiger charge is -2.06. The van der Waals surface area contributed by atoms with Crippen LogP contribution in [0.1, 0.15) is 28.7 Å². The van der Waals surface area contributed by atoms with Gasteiger partial charge in [0.15, 0.2) is 17.3 Å². The topological polar surface area (TPSA) is 44.1 Å². The number of aromatic nitrogens is 2. The van der Waals surface area contributed by atoms with Crippen LogP contribution in [0, 0.1) is 12.7 Å². The van der Waals surface area contributed by atoms with E-state index >= 15 is 0 Å². The van der Waals surface area contributed by atoms with Gasteiger partial charge in [-0.2, -0.15) is 5.10 Å². The molecule has 1 heterocycles. The van der Waals surface area contributed by atoms with Gasteiger partial charge in [-0.25, -0.2) is 4.39 Å². The molecule has 0 unspecified atom stereocenters. The molecule has 106 valence electrons. The molecule has 0 bridgehead atoms. The van der Waals surface area contributed by atoms with E-state index < -0.39 is 5.82 Å². The van der Waals surface area contributed by atoms with Crippen molar-refractivity contribution in [1.29, 1.82) is 0 Å². The van der Waals surface area contributed by atoms with E-state index in [0.29, 0.717) is 12.1 Å². The number of halogens is 1. The van der Waals surface area contributed by atoms with Crippen molar-refractivity contribution >= 4 is 5.78 Å². The lowest BCUT2D eigenvalue weighted by Crippen LogP contribution is -2.10. The van der Waals surface area contributed by atoms with Crippen LogP contribution >= 0.6 is 0 Å². The highest BCUT2D eigenvalue weighted by molar-refractivity contribution is 5.97. The van der Waals surface area contributed by atoms with Crippen LogP contribution in [0.5, 0.6) is 5.75 Å². The molecule has 0 atom stereocenters. The Balaban J connectivity index is 2.23. The zero-order chi connectivity index (χ0) is 14.7. The Kier molecular flexibility index (Phi) is 4.17. The predicted molar refractivity (Wildman–Crippen MR) is 73.6 cm³/mol. The number of methoxy groups -OCH3 is 1. The molecular weight excluding hydrogens is 259 g/mol. The van der Waals surface area contributed by atoms with E-state index in [4.69, 9.17) is 4.74 Å². The second-order valence-electron chi connectivity index (χ2n) is 4.54. The molecule has 2 rings (SSSR count). The molecule has 20 heavy (non-hydrogen) atoms. The minimum atomic E-state index is -0.474. The Morgan fingerprint density at radius 3 is 2.80 bits per heavy atom. The highest BCUT2D eigenvalue weighted by Gasteiger charge is 2.14. The van der Waals surface area contributed by atoms with Gasteiger partial charge in [-0.3, -0.25) is 9.48 Å². The van der Waals surface area contributed by atoms with Gasteiger partial charge in [0.2, 0.25) is 0 Å². The quantitative estimate of drug-likeness (QED) is 0.789. The van der Waals surface area contributed by atoms with Gasteiger partial charge in [0, 0.05) is 17.8 Å². The van der Waals surface area contributed by atoms with E-state index in [9.17, 15) is 9.18 Å². The number of ether oxygens (including phenoxy) is 1. The van der Waals surface area contributed by atoms with E-state index in [2.05, 4.69) is 5.10 Å². The summed E-state index contributed by atoms with van der Waals surface area (Å²) in [5.74, 6) is -0.479. The molecule has 0 radical (unpaired) electrons. The van der Waals surface area contributed by atoms with Crippen molar-refractivity contribution < 1.29 is 13.9 Å². The molecule has 0 saturated heterocycles. The first kappa shape index (κ1) is 14.2. The molecule has 0 aliphatic carbocycles. The van der Waals surface area contributed by atoms with Crippen LogP contribution in [0.2, 0.25) is 0 Å². The zero-order valence-electron chi connectivity index (χ0n) is 11.8. The van der Waals surface area contributed by atoms with Crippen molar-refractivity contribution in [2.75, 3.05) is 7.11 Å². The number of ketones is 1. The normalized spacial score (nSPS) is 10.6. The van der Waals surface area contributed by atoms with Crippen molar-refractivity contribution in [1.82, 2.24) is 9.78 Å². The van der Waals surface area contributed by atoms with E-state index in [0.717, 1.165) is 11.4 Å². The van der Waals surface area contributed by atoms with E-state index in [1.165, 1.54) is 25.3 Å². The number of carbonyl (C=O) groups excluding carboxylic acids is 1. The average Bonchev–Trinajstić information content (AvgIpc) is 2.79. The monoisotopic (exact) mass is 276 g/mol. The molecule has 1 aromatic carbocycles. The molecular formula is C15H17FN2O2. The number of carbonyl (C=O) groups is 1. The maximum Gasteiger partial charge on any atom is 0.168 e. The SMILES string of the molecule is CCn1nc(C)cc1CC(=O)c1ccc(F)c(OC)c1. The average molecular weight is 276 g/mol. The maximum atomic E-state index is 13.3. The second kappa shape index (κ2) is 5.86. The maximum absolute atomic E-state index is 13.3. The number of rotatable bonds is 5. The van der Waals surface area contributed by atoms with Crippen LogP contribution in [0.3, 0.4) is 0 Å². The molecule has 0 saturated carbocycles. The third kappa shape index (κ3) is 2.87. The first-order valence-corrected chi connectivity index (χ1v) is 6.45. The summed E-state index contributed by atoms with van der Waals surface area (Å²) in [4.78, 5) is 12.3. The standard InChI is InChI=1S/C15H17FN2O2/c1-4-18-12(7-10(2)17-18)9-14(19)11-5-6-13(16)15(8-11)20-3/h5-8H,4,9H2,1-3H3. The predicted octanol–water partition coefficient (Wildman–Crippen LogP) is 2.78. The molecule has 1 aromatic heterocycles. The number of aryl methyl sites for hydroxylation is 2. The van der Waals surface area contributed by atoms with Crippen molar-refractivity contribution in [3.05, 3.63) is 47.0 Å². The molecule has 2 aromatic rings. The molecule has 5 heteroatoms. The van der Waals surface area contributed by atoms with E-state index in [1.54, 1.807) is 4.68 Å². The van der Waals surface area contributed by atoms with Crippen LogP contribution in [-0.2, 0) is 13.0 Å². The van der Waals surface area contributed by atoms with Crippen molar-refractivity contribution in [3.8, 4) is 5.75 Å². The van der Waals surface area contributed by atoms with Crippen LogP contribution in [0.25, 0.3) is 0 Å². The summed E-state index contributed by atoms with van der Waals surface area (Å²) in [5.41, 5.74) is 2.18. The Labute approximate surface area is 117 Å². The van der Waals surface area contributed by atoms with Gasteiger partial charge in [0.25, 0.3) is 0 Å². The highest BCUT2D eigenvalue weighted by Crippen LogP contribution is 2.19. The Hall–Kier alpha value is -2.17. The van der Waals surface area contributed by atoms with E-state index in [1.807, 2.05) is 19.9 Å². The molecule has 0 spiro atoms. The highest BCUT2D eigenvalue weighted by atomic mass is 19.1. The number of Topliss-reactive ketones (excluding diaryl/α,β-unsaturated/α-hetero) is 1. The van der Waals surface area contributed by atoms with Crippen LogP contribution in [-0.4, -0.2) is 22.7 Å². The third-order valence-electron chi connectivity index (χ3n) is 3.10. The zero-order valence-corrected chi connectivity index (χ0v) is 11.8. The fourth-order valence-corrected chi connectivity index (χ4v) is 2.12. The Bertz CT molecular complexity index is 635. The fourth-order valence-electron chi connectivity index (χ4n) is 2.12. The fraction of sp³-hybridized carbons (Fsp3) is 0.333. The van der Waals surface area contributed by atoms with Crippen molar-refractivity contribution in [2.45, 2.75) is 26.8 Å². The lowest BCUT2D eigenvalue weighted by molar-refractivity contribution is 0.0990. The summed E-state index contributed by atoms with van der Waals surface area (Å²) < 4.78 is 20.0. The lowest BCUT2D eigenvalue weighted by atomic mass is 10.1. The molecule has 4 nitrogen and oxygen atoms in total. The Morgan fingerprint density at radius 1 is 1.40 bits per heavy atom. The number of nitrogens with zero attached hydrogens (tertiary/aromatic N) is 2. The first-order chi connectivity index (χ1) is 9.55. The van der Waals surface area contributed by atoms with Gasteiger partial charge in [-0.05, 0) is 38.1 Å². The smallest absolute Gasteiger partial charge is 0.168 e. The van der Waals surface area contributed by atoms with Crippen LogP contribution < -0.4 is 4.74 Å². The van der Waals surface area contributed by atoms with Crippen LogP contribution in [0.15, 0.2) is 24.3 Å². The summed E-state index contributed by atoms with van der Waals surface area (Å²) in [6.45, 7) is 4.57. The van der Waals surface area contributed by atoms with Gasteiger partial charge < -0.3 is 4.74 Å². The van der Waals surface area contributed by atoms with Gasteiger partial charge in [0.1, 0.15) is 0 Å². The summed E-state index contributed by atoms with van der Waals surface area (Å²) >= 11 is 0. The Morgan fingerprint density at radius 2 is 2.15 bits per heavy atom. The second-order valence-corrected chi connectivity index (χ2v) is 4.54. The third-order valence-corrected chi connectivity index (χ3v) is 3.10. The minimum absolute atomic E-state index is 0.0797. The molecule has 0 N–H and O–H groups in total. The molecule has 0 fully saturated rings. The molecule has 0 amide bonds. The van der Waals surface area contributed by atoms with Crippen molar-refractivity contribution in [3.63, 3.8) is 0 Å². The first-order valence-electron chi connectivity index (χ1n) is 6.45. The minimum Gasteiger partial charge on any atom is -0.494 e. The molecule has 0 aliphatic heterocycles. The number of hydrogen-bond donors (Lipinski definition) is 0. The summed E-state index contributed by atoms with van der Waals surface area (Å²) in [7, 11) is 1.38. The summed E-state index contributed by atoms with van der Waals surface area (Å²) in [5, 5.41) is 4.30. The van der Waals surface area contributed by atoms with E-state index in [-0.39, 0.29) is 18.0 Å². The van der Waals surface area contributed by atoms with Crippen LogP contribution in [0.4, 0.5) is 4.39 Å². The van der Waals surface area contributed by atoms with Crippen molar-refractivity contribution in [2.24, 2.45) is 0 Å².